The molecule has 1 N–H and O–H groups in total. The van der Waals surface area contributed by atoms with Gasteiger partial charge in [-0.3, -0.25) is 4.90 Å². The average Bonchev–Trinajstić information content (AvgIpc) is 2.21. The van der Waals surface area contributed by atoms with E-state index in [1.807, 2.05) is 0 Å². The molecule has 0 aliphatic carbocycles. The largest absolute Gasteiger partial charge is 0.315 e. The lowest BCUT2D eigenvalue weighted by Crippen LogP contribution is -2.44. The van der Waals surface area contributed by atoms with Gasteiger partial charge in [-0.15, -0.1) is 0 Å². The van der Waals surface area contributed by atoms with Gasteiger partial charge in [0.25, 0.3) is 0 Å². The van der Waals surface area contributed by atoms with Crippen molar-refractivity contribution in [1.82, 2.24) is 10.2 Å². The average molecular weight is 228 g/mol. The highest BCUT2D eigenvalue weighted by Gasteiger charge is 2.15. The Kier molecular flexibility index (Phi) is 8.96. The Bertz CT molecular complexity index is 155. The fourth-order valence-electron chi connectivity index (χ4n) is 2.08. The number of hydrogen-bond acceptors (Lipinski definition) is 2. The molecule has 2 heteroatoms. The molecule has 0 aromatic heterocycles. The zero-order valence-corrected chi connectivity index (χ0v) is 12.2. The highest BCUT2D eigenvalue weighted by Crippen LogP contribution is 2.07. The van der Waals surface area contributed by atoms with E-state index in [0.717, 1.165) is 24.9 Å². The normalized spacial score (nSPS) is 14.1. The molecular weight excluding hydrogens is 196 g/mol. The first-order chi connectivity index (χ1) is 7.51. The first-order valence-electron chi connectivity index (χ1n) is 6.95. The summed E-state index contributed by atoms with van der Waals surface area (Å²) in [6.45, 7) is 18.4. The minimum absolute atomic E-state index is 0.700. The Labute approximate surface area is 103 Å². The molecule has 1 atom stereocenters. The molecule has 0 aliphatic heterocycles. The van der Waals surface area contributed by atoms with Crippen molar-refractivity contribution in [3.63, 3.8) is 0 Å². The second-order valence-corrected chi connectivity index (χ2v) is 5.60. The molecule has 0 amide bonds. The van der Waals surface area contributed by atoms with E-state index in [1.165, 1.54) is 19.5 Å². The molecule has 0 aliphatic rings. The van der Waals surface area contributed by atoms with Gasteiger partial charge in [-0.05, 0) is 31.3 Å². The highest BCUT2D eigenvalue weighted by atomic mass is 15.2. The second-order valence-electron chi connectivity index (χ2n) is 5.60. The van der Waals surface area contributed by atoms with Gasteiger partial charge in [-0.2, -0.15) is 0 Å². The quantitative estimate of drug-likeness (QED) is 0.652. The van der Waals surface area contributed by atoms with Crippen LogP contribution < -0.4 is 5.32 Å². The minimum Gasteiger partial charge on any atom is -0.315 e. The standard InChI is InChI=1S/C14H32N2/c1-7-14(10-15-9-12(3)4)16(8-2)11-13(5)6/h12-15H,7-11H2,1-6H3. The van der Waals surface area contributed by atoms with Crippen LogP contribution in [-0.2, 0) is 0 Å². The molecule has 0 fully saturated rings. The van der Waals surface area contributed by atoms with Crippen molar-refractivity contribution in [2.75, 3.05) is 26.2 Å². The number of rotatable bonds is 9. The second kappa shape index (κ2) is 9.00. The lowest BCUT2D eigenvalue weighted by atomic mass is 10.1. The van der Waals surface area contributed by atoms with Crippen molar-refractivity contribution in [1.29, 1.82) is 0 Å². The minimum atomic E-state index is 0.700. The van der Waals surface area contributed by atoms with Crippen LogP contribution >= 0.6 is 0 Å². The van der Waals surface area contributed by atoms with Gasteiger partial charge in [0.15, 0.2) is 0 Å². The first-order valence-corrected chi connectivity index (χ1v) is 6.95. The summed E-state index contributed by atoms with van der Waals surface area (Å²) in [5, 5.41) is 3.58. The molecule has 0 heterocycles. The van der Waals surface area contributed by atoms with Gasteiger partial charge >= 0.3 is 0 Å². The summed E-state index contributed by atoms with van der Waals surface area (Å²) < 4.78 is 0. The Morgan fingerprint density at radius 3 is 1.94 bits per heavy atom. The van der Waals surface area contributed by atoms with Gasteiger partial charge in [-0.1, -0.05) is 41.5 Å². The predicted molar refractivity (Wildman–Crippen MR) is 73.9 cm³/mol. The number of hydrogen-bond donors (Lipinski definition) is 1. The van der Waals surface area contributed by atoms with Crippen LogP contribution in [0.4, 0.5) is 0 Å². The van der Waals surface area contributed by atoms with E-state index < -0.39 is 0 Å². The molecule has 0 saturated carbocycles. The molecule has 0 rings (SSSR count). The molecule has 16 heavy (non-hydrogen) atoms. The fourth-order valence-corrected chi connectivity index (χ4v) is 2.08. The molecule has 0 spiro atoms. The molecule has 0 aromatic carbocycles. The van der Waals surface area contributed by atoms with Crippen LogP contribution in [0.1, 0.15) is 48.0 Å². The summed E-state index contributed by atoms with van der Waals surface area (Å²) in [4.78, 5) is 2.61. The number of nitrogens with one attached hydrogen (secondary N) is 1. The Morgan fingerprint density at radius 2 is 1.56 bits per heavy atom. The monoisotopic (exact) mass is 228 g/mol. The van der Waals surface area contributed by atoms with Crippen LogP contribution in [0.5, 0.6) is 0 Å². The van der Waals surface area contributed by atoms with Crippen molar-refractivity contribution in [3.05, 3.63) is 0 Å². The van der Waals surface area contributed by atoms with E-state index in [2.05, 4.69) is 51.8 Å². The van der Waals surface area contributed by atoms with Crippen molar-refractivity contribution in [3.8, 4) is 0 Å². The Morgan fingerprint density at radius 1 is 0.938 bits per heavy atom. The summed E-state index contributed by atoms with van der Waals surface area (Å²) in [7, 11) is 0. The Hall–Kier alpha value is -0.0800. The molecule has 98 valence electrons. The summed E-state index contributed by atoms with van der Waals surface area (Å²) >= 11 is 0. The van der Waals surface area contributed by atoms with Crippen LogP contribution in [0.3, 0.4) is 0 Å². The third-order valence-corrected chi connectivity index (χ3v) is 2.93. The summed E-state index contributed by atoms with van der Waals surface area (Å²) in [5.41, 5.74) is 0. The van der Waals surface area contributed by atoms with Crippen LogP contribution in [0.25, 0.3) is 0 Å². The summed E-state index contributed by atoms with van der Waals surface area (Å²) in [6.07, 6.45) is 1.24. The molecule has 0 radical (unpaired) electrons. The molecule has 2 nitrogen and oxygen atoms in total. The van der Waals surface area contributed by atoms with Gasteiger partial charge < -0.3 is 5.32 Å². The van der Waals surface area contributed by atoms with E-state index in [9.17, 15) is 0 Å². The van der Waals surface area contributed by atoms with Gasteiger partial charge in [0.2, 0.25) is 0 Å². The smallest absolute Gasteiger partial charge is 0.0218 e. The van der Waals surface area contributed by atoms with Crippen LogP contribution in [0, 0.1) is 11.8 Å². The summed E-state index contributed by atoms with van der Waals surface area (Å²) in [6, 6.07) is 0.700. The van der Waals surface area contributed by atoms with Crippen molar-refractivity contribution in [2.24, 2.45) is 11.8 Å². The predicted octanol–water partition coefficient (Wildman–Crippen LogP) is 2.99. The maximum atomic E-state index is 3.58. The van der Waals surface area contributed by atoms with E-state index >= 15 is 0 Å². The number of likely N-dealkylation sites (N-methyl/N-ethyl adjacent to an activating group) is 1. The topological polar surface area (TPSA) is 15.3 Å². The molecular formula is C14H32N2. The first kappa shape index (κ1) is 15.9. The fraction of sp³-hybridized carbons (Fsp3) is 1.00. The van der Waals surface area contributed by atoms with Gasteiger partial charge in [0.05, 0.1) is 0 Å². The van der Waals surface area contributed by atoms with Crippen molar-refractivity contribution < 1.29 is 0 Å². The maximum Gasteiger partial charge on any atom is 0.0218 e. The van der Waals surface area contributed by atoms with Gasteiger partial charge in [0, 0.05) is 19.1 Å². The van der Waals surface area contributed by atoms with Crippen molar-refractivity contribution >= 4 is 0 Å². The van der Waals surface area contributed by atoms with Crippen molar-refractivity contribution in [2.45, 2.75) is 54.0 Å². The highest BCUT2D eigenvalue weighted by molar-refractivity contribution is 4.73. The van der Waals surface area contributed by atoms with Gasteiger partial charge in [-0.25, -0.2) is 0 Å². The maximum absolute atomic E-state index is 3.58. The lowest BCUT2D eigenvalue weighted by Gasteiger charge is -2.31. The SMILES string of the molecule is CCC(CNCC(C)C)N(CC)CC(C)C. The third kappa shape index (κ3) is 7.24. The van der Waals surface area contributed by atoms with Crippen LogP contribution in [0.15, 0.2) is 0 Å². The van der Waals surface area contributed by atoms with E-state index in [-0.39, 0.29) is 0 Å². The third-order valence-electron chi connectivity index (χ3n) is 2.93. The zero-order chi connectivity index (χ0) is 12.6. The summed E-state index contributed by atoms with van der Waals surface area (Å²) in [5.74, 6) is 1.51. The molecule has 0 saturated heterocycles. The Balaban J connectivity index is 4.01. The lowest BCUT2D eigenvalue weighted by molar-refractivity contribution is 0.174. The zero-order valence-electron chi connectivity index (χ0n) is 12.2. The van der Waals surface area contributed by atoms with Gasteiger partial charge in [0.1, 0.15) is 0 Å². The van der Waals surface area contributed by atoms with E-state index in [4.69, 9.17) is 0 Å². The van der Waals surface area contributed by atoms with Crippen LogP contribution in [-0.4, -0.2) is 37.1 Å². The van der Waals surface area contributed by atoms with E-state index in [0.29, 0.717) is 6.04 Å². The molecule has 0 aromatic rings. The van der Waals surface area contributed by atoms with Crippen LogP contribution in [0.2, 0.25) is 0 Å². The van der Waals surface area contributed by atoms with E-state index in [1.54, 1.807) is 0 Å². The molecule has 0 bridgehead atoms. The molecule has 1 unspecified atom stereocenters. The number of nitrogens with zero attached hydrogens (tertiary/aromatic N) is 1.